The number of nitrogens with two attached hydrogens (primary N) is 1. The molecule has 1 aromatic carbocycles. The average Bonchev–Trinajstić information content (AvgIpc) is 2.18. The van der Waals surface area contributed by atoms with Gasteiger partial charge in [-0.15, -0.1) is 0 Å². The summed E-state index contributed by atoms with van der Waals surface area (Å²) >= 11 is 0. The van der Waals surface area contributed by atoms with Gasteiger partial charge in [-0.3, -0.25) is 4.79 Å². The van der Waals surface area contributed by atoms with Crippen molar-refractivity contribution in [2.75, 3.05) is 0 Å². The number of phenols is 1. The highest BCUT2D eigenvalue weighted by atomic mass is 31.2. The number of carboxylic acid groups (broad SMARTS) is 1. The highest BCUT2D eigenvalue weighted by Crippen LogP contribution is 2.25. The van der Waals surface area contributed by atoms with Crippen LogP contribution in [-0.2, 0) is 15.8 Å². The van der Waals surface area contributed by atoms with Crippen molar-refractivity contribution >= 4 is 23.7 Å². The first-order valence-electron chi connectivity index (χ1n) is 4.64. The Hall–Kier alpha value is -1.01. The van der Waals surface area contributed by atoms with E-state index in [0.717, 1.165) is 5.56 Å². The average molecular weight is 313 g/mol. The molecule has 0 fully saturated rings. The van der Waals surface area contributed by atoms with Crippen molar-refractivity contribution < 1.29 is 34.3 Å². The van der Waals surface area contributed by atoms with E-state index < -0.39 is 19.8 Å². The number of aromatic hydroxyl groups is 1. The molecule has 10 heteroatoms. The minimum Gasteiger partial charge on any atom is -0.508 e. The molecule has 110 valence electrons. The largest absolute Gasteiger partial charge is 0.508 e. The molecule has 19 heavy (non-hydrogen) atoms. The number of hydrogen-bond acceptors (Lipinski definition) is 4. The van der Waals surface area contributed by atoms with Gasteiger partial charge < -0.3 is 30.6 Å². The Morgan fingerprint density at radius 3 is 1.89 bits per heavy atom. The summed E-state index contributed by atoms with van der Waals surface area (Å²) in [7, 11) is -4.64. The summed E-state index contributed by atoms with van der Waals surface area (Å²) in [5, 5.41) is 17.5. The summed E-state index contributed by atoms with van der Waals surface area (Å²) in [6, 6.07) is 5.42. The molecule has 2 unspecified atom stereocenters. The first kappa shape index (κ1) is 20.3. The van der Waals surface area contributed by atoms with Crippen LogP contribution in [0.3, 0.4) is 0 Å². The third kappa shape index (κ3) is 13.2. The van der Waals surface area contributed by atoms with Crippen LogP contribution >= 0.6 is 17.7 Å². The Morgan fingerprint density at radius 2 is 1.58 bits per heavy atom. The molecule has 0 aliphatic carbocycles. The van der Waals surface area contributed by atoms with Crippen molar-refractivity contribution in [1.29, 1.82) is 0 Å². The van der Waals surface area contributed by atoms with Crippen LogP contribution in [-0.4, -0.2) is 36.9 Å². The first-order chi connectivity index (χ1) is 8.09. The number of rotatable bonds is 3. The highest BCUT2D eigenvalue weighted by molar-refractivity contribution is 7.45. The molecule has 0 aromatic heterocycles. The van der Waals surface area contributed by atoms with Gasteiger partial charge >= 0.3 is 13.8 Å². The summed E-state index contributed by atoms with van der Waals surface area (Å²) in [6.07, 6.45) is 0.273. The Labute approximate surface area is 112 Å². The van der Waals surface area contributed by atoms with Crippen molar-refractivity contribution in [3.05, 3.63) is 29.8 Å². The van der Waals surface area contributed by atoms with Crippen molar-refractivity contribution in [2.45, 2.75) is 12.5 Å². The fourth-order valence-corrected chi connectivity index (χ4v) is 0.973. The molecular weight excluding hydrogens is 296 g/mol. The lowest BCUT2D eigenvalue weighted by molar-refractivity contribution is -0.138. The minimum atomic E-state index is -4.64. The van der Waals surface area contributed by atoms with Crippen LogP contribution in [0.5, 0.6) is 5.75 Å². The van der Waals surface area contributed by atoms with Crippen LogP contribution in [0.15, 0.2) is 24.3 Å². The summed E-state index contributed by atoms with van der Waals surface area (Å²) in [4.78, 5) is 32.0. The lowest BCUT2D eigenvalue weighted by Crippen LogP contribution is -2.32. The van der Waals surface area contributed by atoms with Crippen molar-refractivity contribution in [2.24, 2.45) is 5.73 Å². The molecule has 0 radical (unpaired) electrons. The smallest absolute Gasteiger partial charge is 0.466 e. The number of benzene rings is 1. The first-order valence-corrected chi connectivity index (χ1v) is 6.20. The van der Waals surface area contributed by atoms with Gasteiger partial charge in [-0.25, -0.2) is 4.57 Å². The molecule has 2 atom stereocenters. The summed E-state index contributed by atoms with van der Waals surface area (Å²) in [6.45, 7) is 0. The zero-order valence-electron chi connectivity index (χ0n) is 9.88. The van der Waals surface area contributed by atoms with Gasteiger partial charge in [0, 0.05) is 0 Å². The van der Waals surface area contributed by atoms with Crippen LogP contribution in [0.1, 0.15) is 5.56 Å². The van der Waals surface area contributed by atoms with Crippen LogP contribution in [0, 0.1) is 0 Å². The Balaban J connectivity index is 0. The van der Waals surface area contributed by atoms with Gasteiger partial charge in [0.1, 0.15) is 11.8 Å². The molecule has 0 saturated heterocycles. The standard InChI is InChI=1S/C9H11NO3.H3O4P.H3P/c10-8(9(12)13)5-6-1-3-7(11)4-2-6;1-5(2,3)4;/h1-4,8,11H,5,10H2,(H,12,13);(H3,1,2,3,4);1H3. The van der Waals surface area contributed by atoms with Gasteiger partial charge in [-0.2, -0.15) is 9.90 Å². The SMILES string of the molecule is NC(Cc1ccc(O)cc1)C(=O)O.O=P(O)(O)O.P. The topological polar surface area (TPSA) is 161 Å². The van der Waals surface area contributed by atoms with E-state index >= 15 is 0 Å². The monoisotopic (exact) mass is 313 g/mol. The van der Waals surface area contributed by atoms with Crippen LogP contribution < -0.4 is 5.73 Å². The van der Waals surface area contributed by atoms with E-state index in [-0.39, 0.29) is 22.1 Å². The number of phosphoric acid groups is 1. The van der Waals surface area contributed by atoms with E-state index in [2.05, 4.69) is 0 Å². The van der Waals surface area contributed by atoms with Crippen LogP contribution in [0.4, 0.5) is 0 Å². The Morgan fingerprint density at radius 1 is 1.21 bits per heavy atom. The molecule has 0 saturated carbocycles. The summed E-state index contributed by atoms with van der Waals surface area (Å²) in [5.74, 6) is -0.860. The van der Waals surface area contributed by atoms with E-state index in [1.807, 2.05) is 0 Å². The fourth-order valence-electron chi connectivity index (χ4n) is 0.973. The zero-order valence-corrected chi connectivity index (χ0v) is 12.2. The number of aliphatic carboxylic acids is 1. The third-order valence-electron chi connectivity index (χ3n) is 1.71. The van der Waals surface area contributed by atoms with Crippen LogP contribution in [0.25, 0.3) is 0 Å². The van der Waals surface area contributed by atoms with Gasteiger partial charge in [-0.1, -0.05) is 12.1 Å². The molecular formula is C9H17NO7P2. The van der Waals surface area contributed by atoms with Gasteiger partial charge in [-0.05, 0) is 24.1 Å². The van der Waals surface area contributed by atoms with E-state index in [0.29, 0.717) is 0 Å². The minimum absolute atomic E-state index is 0. The predicted molar refractivity (Wildman–Crippen MR) is 72.8 cm³/mol. The summed E-state index contributed by atoms with van der Waals surface area (Å²) < 4.78 is 8.88. The molecule has 1 aromatic rings. The van der Waals surface area contributed by atoms with Gasteiger partial charge in [0.05, 0.1) is 0 Å². The maximum absolute atomic E-state index is 10.4. The van der Waals surface area contributed by atoms with Crippen molar-refractivity contribution in [3.63, 3.8) is 0 Å². The maximum Gasteiger partial charge on any atom is 0.466 e. The second kappa shape index (κ2) is 8.98. The normalized spacial score (nSPS) is 11.6. The molecule has 0 amide bonds. The molecule has 8 nitrogen and oxygen atoms in total. The Bertz CT molecular complexity index is 422. The van der Waals surface area contributed by atoms with Gasteiger partial charge in [0.15, 0.2) is 0 Å². The van der Waals surface area contributed by atoms with Crippen LogP contribution in [0.2, 0.25) is 0 Å². The lowest BCUT2D eigenvalue weighted by Gasteiger charge is -2.05. The third-order valence-corrected chi connectivity index (χ3v) is 1.71. The second-order valence-corrected chi connectivity index (χ2v) is 4.36. The number of hydrogen-bond donors (Lipinski definition) is 6. The second-order valence-electron chi connectivity index (χ2n) is 3.33. The molecule has 1 rings (SSSR count). The summed E-state index contributed by atoms with van der Waals surface area (Å²) in [5.41, 5.74) is 6.12. The van der Waals surface area contributed by atoms with Gasteiger partial charge in [0.25, 0.3) is 0 Å². The van der Waals surface area contributed by atoms with Gasteiger partial charge in [0.2, 0.25) is 0 Å². The maximum atomic E-state index is 10.4. The number of carbonyl (C=O) groups is 1. The molecule has 0 spiro atoms. The van der Waals surface area contributed by atoms with E-state index in [4.69, 9.17) is 35.2 Å². The van der Waals surface area contributed by atoms with Crippen molar-refractivity contribution in [1.82, 2.24) is 0 Å². The number of carboxylic acids is 1. The molecule has 0 aliphatic rings. The predicted octanol–water partition coefficient (Wildman–Crippen LogP) is -0.524. The molecule has 0 heterocycles. The number of phenolic OH excluding ortho intramolecular Hbond substituents is 1. The van der Waals surface area contributed by atoms with E-state index in [9.17, 15) is 4.79 Å². The van der Waals surface area contributed by atoms with E-state index in [1.165, 1.54) is 12.1 Å². The highest BCUT2D eigenvalue weighted by Gasteiger charge is 2.11. The molecule has 0 aliphatic heterocycles. The van der Waals surface area contributed by atoms with Crippen molar-refractivity contribution in [3.8, 4) is 5.75 Å². The molecule has 0 bridgehead atoms. The van der Waals surface area contributed by atoms with E-state index in [1.54, 1.807) is 12.1 Å². The lowest BCUT2D eigenvalue weighted by atomic mass is 10.1. The fraction of sp³-hybridized carbons (Fsp3) is 0.222. The Kier molecular flexibility index (Phi) is 9.60. The quantitative estimate of drug-likeness (QED) is 0.406. The molecule has 7 N–H and O–H groups in total. The zero-order chi connectivity index (χ0) is 14.3.